The Morgan fingerprint density at radius 2 is 1.68 bits per heavy atom. The number of carbonyl (C=O) groups excluding carboxylic acids is 1. The molecule has 0 spiro atoms. The maximum atomic E-state index is 12.8. The maximum absolute atomic E-state index is 12.8. The number of nitrogens with one attached hydrogen (secondary N) is 1. The third kappa shape index (κ3) is 3.00. The standard InChI is InChI=1S/C20H26N2O3/c1-24-17-4-3-13(8-18(17)25-2)12-21-22-19(23)20-9-14-5-15(10-20)7-16(6-14)11-20/h3-4,8,12,14-16H,5-7,9-11H2,1-2H3,(H,22,23)/b21-12-. The summed E-state index contributed by atoms with van der Waals surface area (Å²) in [6.45, 7) is 0. The fraction of sp³-hybridized carbons (Fsp3) is 0.600. The number of hydrazone groups is 1. The summed E-state index contributed by atoms with van der Waals surface area (Å²) in [5.41, 5.74) is 3.51. The molecule has 1 N–H and O–H groups in total. The number of ether oxygens (including phenoxy) is 2. The van der Waals surface area contributed by atoms with Crippen molar-refractivity contribution in [2.45, 2.75) is 38.5 Å². The number of nitrogens with zero attached hydrogens (tertiary/aromatic N) is 1. The van der Waals surface area contributed by atoms with Gasteiger partial charge < -0.3 is 9.47 Å². The maximum Gasteiger partial charge on any atom is 0.246 e. The molecule has 4 aliphatic rings. The minimum Gasteiger partial charge on any atom is -0.493 e. The first-order chi connectivity index (χ1) is 12.1. The molecule has 25 heavy (non-hydrogen) atoms. The number of hydrogen-bond donors (Lipinski definition) is 1. The average molecular weight is 342 g/mol. The van der Waals surface area contributed by atoms with Crippen LogP contribution in [0.2, 0.25) is 0 Å². The summed E-state index contributed by atoms with van der Waals surface area (Å²) in [5, 5.41) is 4.21. The Morgan fingerprint density at radius 3 is 2.24 bits per heavy atom. The largest absolute Gasteiger partial charge is 0.493 e. The van der Waals surface area contributed by atoms with Crippen LogP contribution in [0.4, 0.5) is 0 Å². The third-order valence-corrected chi connectivity index (χ3v) is 6.31. The summed E-state index contributed by atoms with van der Waals surface area (Å²) < 4.78 is 10.5. The van der Waals surface area contributed by atoms with E-state index in [0.29, 0.717) is 11.5 Å². The minimum absolute atomic E-state index is 0.114. The van der Waals surface area contributed by atoms with Gasteiger partial charge in [0.1, 0.15) is 0 Å². The monoisotopic (exact) mass is 342 g/mol. The second kappa shape index (κ2) is 6.36. The Morgan fingerprint density at radius 1 is 1.08 bits per heavy atom. The molecule has 4 bridgehead atoms. The highest BCUT2D eigenvalue weighted by Crippen LogP contribution is 2.60. The first-order valence-corrected chi connectivity index (χ1v) is 9.17. The van der Waals surface area contributed by atoms with Gasteiger partial charge in [-0.05, 0) is 80.0 Å². The van der Waals surface area contributed by atoms with E-state index in [-0.39, 0.29) is 11.3 Å². The molecule has 0 unspecified atom stereocenters. The Kier molecular flexibility index (Phi) is 4.18. The van der Waals surface area contributed by atoms with Gasteiger partial charge in [-0.2, -0.15) is 5.10 Å². The lowest BCUT2D eigenvalue weighted by molar-refractivity contribution is -0.146. The predicted octanol–water partition coefficient (Wildman–Crippen LogP) is 3.37. The highest BCUT2D eigenvalue weighted by molar-refractivity contribution is 5.86. The van der Waals surface area contributed by atoms with Crippen LogP contribution in [0, 0.1) is 23.2 Å². The minimum atomic E-state index is -0.163. The number of benzene rings is 1. The summed E-state index contributed by atoms with van der Waals surface area (Å²) in [7, 11) is 3.21. The molecule has 0 aromatic heterocycles. The summed E-state index contributed by atoms with van der Waals surface area (Å²) in [5.74, 6) is 3.71. The Balaban J connectivity index is 1.43. The Labute approximate surface area is 148 Å². The highest BCUT2D eigenvalue weighted by atomic mass is 16.5. The summed E-state index contributed by atoms with van der Waals surface area (Å²) in [6, 6.07) is 5.57. The molecule has 0 atom stereocenters. The summed E-state index contributed by atoms with van der Waals surface area (Å²) >= 11 is 0. The van der Waals surface area contributed by atoms with Crippen molar-refractivity contribution < 1.29 is 14.3 Å². The van der Waals surface area contributed by atoms with Crippen molar-refractivity contribution in [3.8, 4) is 11.5 Å². The molecule has 0 aliphatic heterocycles. The van der Waals surface area contributed by atoms with Crippen molar-refractivity contribution in [3.05, 3.63) is 23.8 Å². The second-order valence-electron chi connectivity index (χ2n) is 8.01. The van der Waals surface area contributed by atoms with Crippen LogP contribution < -0.4 is 14.9 Å². The second-order valence-corrected chi connectivity index (χ2v) is 8.01. The molecule has 4 aliphatic carbocycles. The Hall–Kier alpha value is -2.04. The molecule has 4 saturated carbocycles. The molecule has 5 nitrogen and oxygen atoms in total. The lowest BCUT2D eigenvalue weighted by Crippen LogP contribution is -2.52. The van der Waals surface area contributed by atoms with Gasteiger partial charge in [0.05, 0.1) is 25.8 Å². The molecule has 5 heteroatoms. The van der Waals surface area contributed by atoms with Gasteiger partial charge in [0.25, 0.3) is 0 Å². The van der Waals surface area contributed by atoms with Gasteiger partial charge in [-0.1, -0.05) is 0 Å². The van der Waals surface area contributed by atoms with Crippen LogP contribution in [-0.4, -0.2) is 26.3 Å². The number of methoxy groups -OCH3 is 2. The molecular formula is C20H26N2O3. The van der Waals surface area contributed by atoms with Crippen LogP contribution in [0.3, 0.4) is 0 Å². The van der Waals surface area contributed by atoms with Gasteiger partial charge in [-0.25, -0.2) is 5.43 Å². The van der Waals surface area contributed by atoms with Gasteiger partial charge in [0.15, 0.2) is 11.5 Å². The van der Waals surface area contributed by atoms with Gasteiger partial charge in [0, 0.05) is 0 Å². The first kappa shape index (κ1) is 16.4. The van der Waals surface area contributed by atoms with E-state index in [9.17, 15) is 4.79 Å². The van der Waals surface area contributed by atoms with E-state index in [1.165, 1.54) is 19.3 Å². The number of rotatable bonds is 5. The van der Waals surface area contributed by atoms with E-state index in [1.807, 2.05) is 18.2 Å². The molecule has 134 valence electrons. The van der Waals surface area contributed by atoms with Crippen LogP contribution in [0.25, 0.3) is 0 Å². The molecule has 0 saturated heterocycles. The van der Waals surface area contributed by atoms with Crippen molar-refractivity contribution in [2.24, 2.45) is 28.3 Å². The first-order valence-electron chi connectivity index (χ1n) is 9.17. The van der Waals surface area contributed by atoms with Crippen molar-refractivity contribution in [3.63, 3.8) is 0 Å². The Bertz CT molecular complexity index is 663. The lowest BCUT2D eigenvalue weighted by atomic mass is 9.49. The van der Waals surface area contributed by atoms with E-state index in [1.54, 1.807) is 20.4 Å². The molecule has 0 radical (unpaired) electrons. The van der Waals surface area contributed by atoms with Crippen LogP contribution in [0.5, 0.6) is 11.5 Å². The fourth-order valence-corrected chi connectivity index (χ4v) is 5.61. The van der Waals surface area contributed by atoms with Crippen LogP contribution in [0.1, 0.15) is 44.1 Å². The topological polar surface area (TPSA) is 59.9 Å². The van der Waals surface area contributed by atoms with E-state index in [0.717, 1.165) is 42.6 Å². The van der Waals surface area contributed by atoms with Crippen molar-refractivity contribution in [1.29, 1.82) is 0 Å². The average Bonchev–Trinajstić information content (AvgIpc) is 2.60. The van der Waals surface area contributed by atoms with E-state index in [4.69, 9.17) is 9.47 Å². The quantitative estimate of drug-likeness (QED) is 0.659. The molecule has 0 heterocycles. The van der Waals surface area contributed by atoms with E-state index < -0.39 is 0 Å². The summed E-state index contributed by atoms with van der Waals surface area (Å²) in [4.78, 5) is 12.8. The molecule has 1 aromatic rings. The zero-order chi connectivity index (χ0) is 17.4. The van der Waals surface area contributed by atoms with Gasteiger partial charge in [0.2, 0.25) is 5.91 Å². The van der Waals surface area contributed by atoms with Crippen molar-refractivity contribution in [1.82, 2.24) is 5.43 Å². The number of hydrogen-bond acceptors (Lipinski definition) is 4. The molecule has 5 rings (SSSR count). The normalized spacial score (nSPS) is 32.8. The number of amides is 1. The van der Waals surface area contributed by atoms with Gasteiger partial charge in [-0.3, -0.25) is 4.79 Å². The van der Waals surface area contributed by atoms with Crippen molar-refractivity contribution in [2.75, 3.05) is 14.2 Å². The lowest BCUT2D eigenvalue weighted by Gasteiger charge is -2.55. The van der Waals surface area contributed by atoms with E-state index in [2.05, 4.69) is 10.5 Å². The smallest absolute Gasteiger partial charge is 0.246 e. The number of carbonyl (C=O) groups is 1. The van der Waals surface area contributed by atoms with E-state index >= 15 is 0 Å². The SMILES string of the molecule is COc1ccc(/C=N\NC(=O)C23CC4CC(CC(C4)C2)C3)cc1OC. The molecule has 1 amide bonds. The van der Waals surface area contributed by atoms with Crippen molar-refractivity contribution >= 4 is 12.1 Å². The van der Waals surface area contributed by atoms with Crippen LogP contribution in [0.15, 0.2) is 23.3 Å². The molecular weight excluding hydrogens is 316 g/mol. The summed E-state index contributed by atoms with van der Waals surface area (Å²) in [6.07, 6.45) is 8.83. The van der Waals surface area contributed by atoms with Gasteiger partial charge in [-0.15, -0.1) is 0 Å². The molecule has 4 fully saturated rings. The zero-order valence-corrected chi connectivity index (χ0v) is 15.0. The van der Waals surface area contributed by atoms with Gasteiger partial charge >= 0.3 is 0 Å². The predicted molar refractivity (Wildman–Crippen MR) is 95.9 cm³/mol. The zero-order valence-electron chi connectivity index (χ0n) is 15.0. The molecule has 1 aromatic carbocycles. The third-order valence-electron chi connectivity index (χ3n) is 6.31. The van der Waals surface area contributed by atoms with Crippen LogP contribution in [-0.2, 0) is 4.79 Å². The fourth-order valence-electron chi connectivity index (χ4n) is 5.61. The van der Waals surface area contributed by atoms with Crippen LogP contribution >= 0.6 is 0 Å². The highest BCUT2D eigenvalue weighted by Gasteiger charge is 2.54.